The van der Waals surface area contributed by atoms with Gasteiger partial charge in [0.15, 0.2) is 0 Å². The number of carboxylic acids is 1. The maximum Gasteiger partial charge on any atom is 0.323 e. The van der Waals surface area contributed by atoms with Crippen molar-refractivity contribution in [2.45, 2.75) is 25.9 Å². The Hall–Kier alpha value is -1.73. The van der Waals surface area contributed by atoms with Gasteiger partial charge in [-0.15, -0.1) is 10.2 Å². The molecule has 6 nitrogen and oxygen atoms in total. The molecular weight excluding hydrogens is 326 g/mol. The molecule has 0 aliphatic heterocycles. The van der Waals surface area contributed by atoms with E-state index in [1.807, 2.05) is 24.3 Å². The summed E-state index contributed by atoms with van der Waals surface area (Å²) in [5.74, 6) is -0.212. The zero-order chi connectivity index (χ0) is 14.8. The number of halogens is 1. The maximum atomic E-state index is 11.0. The molecule has 1 aromatic carbocycles. The number of carboxylic acid groups (broad SMARTS) is 1. The summed E-state index contributed by atoms with van der Waals surface area (Å²) in [5, 5.41) is 19.7. The molecule has 7 heteroatoms. The number of rotatable bonds is 5. The highest BCUT2D eigenvalue weighted by Crippen LogP contribution is 2.26. The van der Waals surface area contributed by atoms with Crippen molar-refractivity contribution in [2.24, 2.45) is 0 Å². The van der Waals surface area contributed by atoms with Crippen molar-refractivity contribution in [3.8, 4) is 11.5 Å². The summed E-state index contributed by atoms with van der Waals surface area (Å²) in [4.78, 5) is 11.0. The number of hydrogen-bond donors (Lipinski definition) is 2. The Balaban J connectivity index is 2.11. The second kappa shape index (κ2) is 5.72. The van der Waals surface area contributed by atoms with E-state index in [2.05, 4.69) is 31.4 Å². The second-order valence-electron chi connectivity index (χ2n) is 4.76. The van der Waals surface area contributed by atoms with Crippen LogP contribution in [0.5, 0.6) is 0 Å². The molecule has 0 bridgehead atoms. The first-order valence-corrected chi connectivity index (χ1v) is 6.75. The number of carbonyl (C=O) groups is 1. The summed E-state index contributed by atoms with van der Waals surface area (Å²) in [5.41, 5.74) is -0.258. The van der Waals surface area contributed by atoms with Gasteiger partial charge in [-0.3, -0.25) is 10.1 Å². The molecular formula is C13H14BrN3O3. The third-order valence-corrected chi connectivity index (χ3v) is 3.48. The van der Waals surface area contributed by atoms with E-state index in [0.717, 1.165) is 10.0 Å². The van der Waals surface area contributed by atoms with E-state index in [1.54, 1.807) is 13.8 Å². The fourth-order valence-corrected chi connectivity index (χ4v) is 1.90. The molecule has 106 valence electrons. The smallest absolute Gasteiger partial charge is 0.323 e. The van der Waals surface area contributed by atoms with Gasteiger partial charge in [0.1, 0.15) is 5.54 Å². The second-order valence-corrected chi connectivity index (χ2v) is 5.62. The lowest BCUT2D eigenvalue weighted by Crippen LogP contribution is -2.46. The summed E-state index contributed by atoms with van der Waals surface area (Å²) in [6.45, 7) is 3.33. The SMILES string of the molecule is CC(C)(NCc1nnc(-c2ccccc2Br)o1)C(=O)O. The Labute approximate surface area is 124 Å². The van der Waals surface area contributed by atoms with Gasteiger partial charge < -0.3 is 9.52 Å². The minimum atomic E-state index is -1.05. The average Bonchev–Trinajstić information content (AvgIpc) is 2.85. The van der Waals surface area contributed by atoms with Gasteiger partial charge in [-0.1, -0.05) is 12.1 Å². The zero-order valence-electron chi connectivity index (χ0n) is 11.1. The van der Waals surface area contributed by atoms with Gasteiger partial charge in [0.05, 0.1) is 12.1 Å². The zero-order valence-corrected chi connectivity index (χ0v) is 12.6. The molecule has 2 N–H and O–H groups in total. The van der Waals surface area contributed by atoms with Crippen LogP contribution in [0.2, 0.25) is 0 Å². The minimum Gasteiger partial charge on any atom is -0.480 e. The molecule has 1 aromatic heterocycles. The van der Waals surface area contributed by atoms with Crippen LogP contribution in [0.15, 0.2) is 33.2 Å². The summed E-state index contributed by atoms with van der Waals surface area (Å²) in [6, 6.07) is 7.50. The summed E-state index contributed by atoms with van der Waals surface area (Å²) in [6.07, 6.45) is 0. The van der Waals surface area contributed by atoms with E-state index in [9.17, 15) is 4.79 Å². The molecule has 1 heterocycles. The van der Waals surface area contributed by atoms with Crippen LogP contribution >= 0.6 is 15.9 Å². The Kier molecular flexibility index (Phi) is 4.20. The Morgan fingerprint density at radius 1 is 1.40 bits per heavy atom. The van der Waals surface area contributed by atoms with Crippen LogP contribution in [-0.2, 0) is 11.3 Å². The van der Waals surface area contributed by atoms with E-state index in [0.29, 0.717) is 11.8 Å². The third kappa shape index (κ3) is 3.23. The molecule has 0 spiro atoms. The number of benzene rings is 1. The summed E-state index contributed by atoms with van der Waals surface area (Å²) in [7, 11) is 0. The van der Waals surface area contributed by atoms with Crippen molar-refractivity contribution in [2.75, 3.05) is 0 Å². The van der Waals surface area contributed by atoms with Crippen LogP contribution in [0.1, 0.15) is 19.7 Å². The first-order valence-electron chi connectivity index (χ1n) is 5.96. The third-order valence-electron chi connectivity index (χ3n) is 2.79. The van der Waals surface area contributed by atoms with Crippen molar-refractivity contribution < 1.29 is 14.3 Å². The quantitative estimate of drug-likeness (QED) is 0.869. The Morgan fingerprint density at radius 2 is 2.10 bits per heavy atom. The highest BCUT2D eigenvalue weighted by Gasteiger charge is 2.26. The highest BCUT2D eigenvalue weighted by molar-refractivity contribution is 9.10. The van der Waals surface area contributed by atoms with Gasteiger partial charge in [0.2, 0.25) is 11.8 Å². The molecule has 2 rings (SSSR count). The monoisotopic (exact) mass is 339 g/mol. The van der Waals surface area contributed by atoms with E-state index in [4.69, 9.17) is 9.52 Å². The Morgan fingerprint density at radius 3 is 2.75 bits per heavy atom. The number of hydrogen-bond acceptors (Lipinski definition) is 5. The fraction of sp³-hybridized carbons (Fsp3) is 0.308. The summed E-state index contributed by atoms with van der Waals surface area (Å²) < 4.78 is 6.37. The largest absolute Gasteiger partial charge is 0.480 e. The van der Waals surface area contributed by atoms with Gasteiger partial charge in [0, 0.05) is 4.47 Å². The van der Waals surface area contributed by atoms with Crippen LogP contribution in [0.3, 0.4) is 0 Å². The van der Waals surface area contributed by atoms with Crippen molar-refractivity contribution in [1.29, 1.82) is 0 Å². The van der Waals surface area contributed by atoms with E-state index in [-0.39, 0.29) is 6.54 Å². The van der Waals surface area contributed by atoms with Gasteiger partial charge in [-0.05, 0) is 41.9 Å². The predicted octanol–water partition coefficient (Wildman–Crippen LogP) is 2.45. The molecule has 0 atom stereocenters. The lowest BCUT2D eigenvalue weighted by atomic mass is 10.1. The van der Waals surface area contributed by atoms with Crippen molar-refractivity contribution in [3.05, 3.63) is 34.6 Å². The first kappa shape index (κ1) is 14.7. The molecule has 0 radical (unpaired) electrons. The van der Waals surface area contributed by atoms with Crippen molar-refractivity contribution in [3.63, 3.8) is 0 Å². The highest BCUT2D eigenvalue weighted by atomic mass is 79.9. The van der Waals surface area contributed by atoms with Crippen LogP contribution in [0.25, 0.3) is 11.5 Å². The predicted molar refractivity (Wildman–Crippen MR) is 76.0 cm³/mol. The minimum absolute atomic E-state index is 0.191. The van der Waals surface area contributed by atoms with Gasteiger partial charge >= 0.3 is 5.97 Å². The number of aromatic nitrogens is 2. The van der Waals surface area contributed by atoms with Crippen LogP contribution < -0.4 is 5.32 Å². The summed E-state index contributed by atoms with van der Waals surface area (Å²) >= 11 is 3.41. The Bertz CT molecular complexity index is 625. The van der Waals surface area contributed by atoms with Crippen LogP contribution in [-0.4, -0.2) is 26.8 Å². The van der Waals surface area contributed by atoms with Crippen molar-refractivity contribution >= 4 is 21.9 Å². The normalized spacial score (nSPS) is 11.6. The molecule has 0 aliphatic rings. The standard InChI is InChI=1S/C13H14BrN3O3/c1-13(2,12(18)19)15-7-10-16-17-11(20-10)8-5-3-4-6-9(8)14/h3-6,15H,7H2,1-2H3,(H,18,19). The topological polar surface area (TPSA) is 88.3 Å². The molecule has 0 fully saturated rings. The van der Waals surface area contributed by atoms with Gasteiger partial charge in [0.25, 0.3) is 0 Å². The molecule has 0 saturated carbocycles. The average molecular weight is 340 g/mol. The first-order chi connectivity index (χ1) is 9.40. The number of nitrogens with one attached hydrogen (secondary N) is 1. The fourth-order valence-electron chi connectivity index (χ4n) is 1.44. The van der Waals surface area contributed by atoms with E-state index < -0.39 is 11.5 Å². The van der Waals surface area contributed by atoms with Gasteiger partial charge in [-0.25, -0.2) is 0 Å². The maximum absolute atomic E-state index is 11.0. The molecule has 0 amide bonds. The van der Waals surface area contributed by atoms with E-state index in [1.165, 1.54) is 0 Å². The molecule has 2 aromatic rings. The van der Waals surface area contributed by atoms with Crippen LogP contribution in [0, 0.1) is 0 Å². The molecule has 0 aliphatic carbocycles. The number of nitrogens with zero attached hydrogens (tertiary/aromatic N) is 2. The molecule has 0 unspecified atom stereocenters. The van der Waals surface area contributed by atoms with Crippen LogP contribution in [0.4, 0.5) is 0 Å². The lowest BCUT2D eigenvalue weighted by Gasteiger charge is -2.19. The number of aliphatic carboxylic acids is 1. The molecule has 20 heavy (non-hydrogen) atoms. The van der Waals surface area contributed by atoms with E-state index >= 15 is 0 Å². The lowest BCUT2D eigenvalue weighted by molar-refractivity contribution is -0.143. The molecule has 0 saturated heterocycles. The van der Waals surface area contributed by atoms with Gasteiger partial charge in [-0.2, -0.15) is 0 Å². The van der Waals surface area contributed by atoms with Crippen molar-refractivity contribution in [1.82, 2.24) is 15.5 Å².